The van der Waals surface area contributed by atoms with Crippen molar-refractivity contribution in [3.8, 4) is 5.75 Å². The van der Waals surface area contributed by atoms with Crippen LogP contribution in [0.2, 0.25) is 0 Å². The number of carbonyl (C=O) groups excluding carboxylic acids is 2. The zero-order valence-electron chi connectivity index (χ0n) is 13.2. The maximum atomic E-state index is 12.3. The normalized spacial score (nSPS) is 13.4. The number of anilines is 1. The van der Waals surface area contributed by atoms with Gasteiger partial charge in [-0.3, -0.25) is 29.6 Å². The molecule has 3 heterocycles. The van der Waals surface area contributed by atoms with Gasteiger partial charge in [-0.2, -0.15) is 4.52 Å². The number of amides is 2. The van der Waals surface area contributed by atoms with Crippen LogP contribution in [0, 0.1) is 0 Å². The van der Waals surface area contributed by atoms with Crippen molar-refractivity contribution in [3.63, 3.8) is 0 Å². The molecule has 1 aromatic carbocycles. The van der Waals surface area contributed by atoms with Gasteiger partial charge >= 0.3 is 0 Å². The number of nitrogens with zero attached hydrogens (tertiary/aromatic N) is 4. The number of rotatable bonds is 3. The third-order valence-electron chi connectivity index (χ3n) is 3.91. The van der Waals surface area contributed by atoms with Crippen LogP contribution in [0.1, 0.15) is 16.1 Å². The average molecular weight is 356 g/mol. The summed E-state index contributed by atoms with van der Waals surface area (Å²) in [4.78, 5) is 45.5. The van der Waals surface area contributed by atoms with E-state index >= 15 is 0 Å². The zero-order chi connectivity index (χ0) is 18.3. The number of hydrogen-bond acceptors (Lipinski definition) is 7. The number of fused-ring (bicyclic) bond motifs is 2. The number of aromatic nitrogens is 4. The molecule has 1 aliphatic rings. The largest absolute Gasteiger partial charge is 0.482 e. The van der Waals surface area contributed by atoms with Crippen molar-refractivity contribution in [2.45, 2.75) is 6.54 Å². The molecule has 0 bridgehead atoms. The van der Waals surface area contributed by atoms with E-state index in [1.165, 1.54) is 45.5 Å². The first-order valence-electron chi connectivity index (χ1n) is 7.50. The molecule has 0 saturated heterocycles. The highest BCUT2D eigenvalue weighted by atomic mass is 16.5. The quantitative estimate of drug-likeness (QED) is 0.423. The summed E-state index contributed by atoms with van der Waals surface area (Å²) >= 11 is 0. The van der Waals surface area contributed by atoms with Gasteiger partial charge in [0.25, 0.3) is 23.2 Å². The number of hydroxylamine groups is 1. The van der Waals surface area contributed by atoms with Crippen molar-refractivity contribution in [1.29, 1.82) is 0 Å². The highest BCUT2D eigenvalue weighted by Crippen LogP contribution is 2.33. The van der Waals surface area contributed by atoms with Crippen molar-refractivity contribution >= 4 is 23.3 Å². The lowest BCUT2D eigenvalue weighted by Gasteiger charge is -2.29. The van der Waals surface area contributed by atoms with E-state index < -0.39 is 5.91 Å². The Hall–Kier alpha value is -3.73. The summed E-state index contributed by atoms with van der Waals surface area (Å²) in [7, 11) is 0. The lowest BCUT2D eigenvalue weighted by atomic mass is 10.1. The Bertz CT molecular complexity index is 1090. The minimum atomic E-state index is -0.722. The molecule has 0 aliphatic carbocycles. The number of carbonyl (C=O) groups is 2. The van der Waals surface area contributed by atoms with Gasteiger partial charge in [-0.05, 0) is 18.2 Å². The lowest BCUT2D eigenvalue weighted by molar-refractivity contribution is -0.121. The first-order chi connectivity index (χ1) is 12.6. The summed E-state index contributed by atoms with van der Waals surface area (Å²) in [6.07, 6.45) is 1.34. The summed E-state index contributed by atoms with van der Waals surface area (Å²) in [6, 6.07) is 5.69. The van der Waals surface area contributed by atoms with E-state index in [-0.39, 0.29) is 36.0 Å². The van der Waals surface area contributed by atoms with Gasteiger partial charge in [0.2, 0.25) is 0 Å². The summed E-state index contributed by atoms with van der Waals surface area (Å²) in [5.74, 6) is -0.498. The predicted molar refractivity (Wildman–Crippen MR) is 86.0 cm³/mol. The monoisotopic (exact) mass is 356 g/mol. The smallest absolute Gasteiger partial charge is 0.274 e. The molecule has 0 radical (unpaired) electrons. The van der Waals surface area contributed by atoms with Crippen LogP contribution in [0.25, 0.3) is 5.78 Å². The molecule has 11 nitrogen and oxygen atoms in total. The van der Waals surface area contributed by atoms with Crippen molar-refractivity contribution in [2.24, 2.45) is 0 Å². The van der Waals surface area contributed by atoms with E-state index in [0.717, 1.165) is 0 Å². The molecule has 132 valence electrons. The summed E-state index contributed by atoms with van der Waals surface area (Å²) < 4.78 is 6.53. The number of benzene rings is 1. The molecule has 0 saturated carbocycles. The molecule has 1 aliphatic heterocycles. The Kier molecular flexibility index (Phi) is 3.62. The fourth-order valence-electron chi connectivity index (χ4n) is 2.69. The molecule has 2 amide bonds. The first kappa shape index (κ1) is 15.8. The third kappa shape index (κ3) is 2.56. The van der Waals surface area contributed by atoms with E-state index in [1.54, 1.807) is 0 Å². The van der Waals surface area contributed by atoms with Gasteiger partial charge in [0, 0.05) is 11.6 Å². The predicted octanol–water partition coefficient (Wildman–Crippen LogP) is -0.538. The molecule has 0 unspecified atom stereocenters. The molecule has 3 aromatic rings. The Labute approximate surface area is 144 Å². The van der Waals surface area contributed by atoms with Crippen LogP contribution in [-0.2, 0) is 11.3 Å². The van der Waals surface area contributed by atoms with Gasteiger partial charge in [-0.15, -0.1) is 0 Å². The van der Waals surface area contributed by atoms with Crippen LogP contribution in [0.15, 0.2) is 35.4 Å². The number of nitrogens with one attached hydrogen (secondary N) is 2. The lowest BCUT2D eigenvalue weighted by Crippen LogP contribution is -2.39. The molecule has 0 atom stereocenters. The minimum Gasteiger partial charge on any atom is -0.482 e. The highest BCUT2D eigenvalue weighted by Gasteiger charge is 2.27. The average Bonchev–Trinajstić information content (AvgIpc) is 3.12. The van der Waals surface area contributed by atoms with Crippen LogP contribution in [-0.4, -0.2) is 43.2 Å². The van der Waals surface area contributed by atoms with Crippen molar-refractivity contribution < 1.29 is 19.5 Å². The van der Waals surface area contributed by atoms with Crippen LogP contribution in [0.5, 0.6) is 5.75 Å². The molecule has 2 aromatic heterocycles. The molecule has 0 spiro atoms. The standard InChI is InChI=1S/C15H12N6O5/c22-12-4-9(18-15-16-7-17-21(12)15)5-20-10-3-8(14(24)19-25)1-2-11(10)26-6-13(20)23/h1-4,7,25H,5-6H2,(H,19,24)(H,16,17,18). The van der Waals surface area contributed by atoms with Crippen molar-refractivity contribution in [1.82, 2.24) is 25.1 Å². The Morgan fingerprint density at radius 3 is 3.00 bits per heavy atom. The van der Waals surface area contributed by atoms with Gasteiger partial charge in [-0.1, -0.05) is 0 Å². The Morgan fingerprint density at radius 2 is 2.19 bits per heavy atom. The van der Waals surface area contributed by atoms with Crippen molar-refractivity contribution in [2.75, 3.05) is 11.5 Å². The van der Waals surface area contributed by atoms with E-state index in [9.17, 15) is 14.4 Å². The van der Waals surface area contributed by atoms with E-state index in [1.807, 2.05) is 0 Å². The second kappa shape index (κ2) is 5.97. The fraction of sp³-hybridized carbons (Fsp3) is 0.133. The van der Waals surface area contributed by atoms with Crippen LogP contribution < -0.4 is 20.7 Å². The van der Waals surface area contributed by atoms with Gasteiger partial charge in [0.15, 0.2) is 6.61 Å². The van der Waals surface area contributed by atoms with Gasteiger partial charge in [-0.25, -0.2) is 15.4 Å². The van der Waals surface area contributed by atoms with Gasteiger partial charge < -0.3 is 4.74 Å². The molecular weight excluding hydrogens is 344 g/mol. The summed E-state index contributed by atoms with van der Waals surface area (Å²) in [5, 5.41) is 11.4. The number of aromatic amines is 1. The summed E-state index contributed by atoms with van der Waals surface area (Å²) in [6.45, 7) is -0.180. The van der Waals surface area contributed by atoms with E-state index in [2.05, 4.69) is 15.1 Å². The Morgan fingerprint density at radius 1 is 1.35 bits per heavy atom. The molecule has 3 N–H and O–H groups in total. The number of hydrogen-bond donors (Lipinski definition) is 3. The number of ether oxygens (including phenoxy) is 1. The van der Waals surface area contributed by atoms with Gasteiger partial charge in [0.05, 0.1) is 17.9 Å². The Balaban J connectivity index is 1.75. The topological polar surface area (TPSA) is 142 Å². The zero-order valence-corrected chi connectivity index (χ0v) is 13.2. The first-order valence-corrected chi connectivity index (χ1v) is 7.50. The van der Waals surface area contributed by atoms with Crippen LogP contribution >= 0.6 is 0 Å². The SMILES string of the molecule is O=C(NO)c1ccc2c(c1)N(Cc1cc(=O)n3[nH]cnc3n1)C(=O)CO2. The van der Waals surface area contributed by atoms with E-state index in [4.69, 9.17) is 9.94 Å². The van der Waals surface area contributed by atoms with Crippen LogP contribution in [0.4, 0.5) is 5.69 Å². The highest BCUT2D eigenvalue weighted by molar-refractivity contribution is 6.00. The second-order valence-electron chi connectivity index (χ2n) is 5.50. The maximum absolute atomic E-state index is 12.3. The number of H-pyrrole nitrogens is 1. The van der Waals surface area contributed by atoms with Crippen LogP contribution in [0.3, 0.4) is 0 Å². The minimum absolute atomic E-state index is 0.00199. The fourth-order valence-corrected chi connectivity index (χ4v) is 2.69. The molecule has 26 heavy (non-hydrogen) atoms. The molecule has 0 fully saturated rings. The summed E-state index contributed by atoms with van der Waals surface area (Å²) in [5.41, 5.74) is 1.99. The third-order valence-corrected chi connectivity index (χ3v) is 3.91. The molecule has 4 rings (SSSR count). The molecule has 11 heteroatoms. The van der Waals surface area contributed by atoms with Gasteiger partial charge in [0.1, 0.15) is 12.1 Å². The molecular formula is C15H12N6O5. The van der Waals surface area contributed by atoms with E-state index in [0.29, 0.717) is 17.1 Å². The van der Waals surface area contributed by atoms with Crippen molar-refractivity contribution in [3.05, 3.63) is 52.2 Å². The second-order valence-corrected chi connectivity index (χ2v) is 5.50. The maximum Gasteiger partial charge on any atom is 0.274 e.